The molecule has 4 rings (SSSR count). The zero-order valence-electron chi connectivity index (χ0n) is 23.4. The third-order valence-corrected chi connectivity index (χ3v) is 7.61. The zero-order chi connectivity index (χ0) is 30.1. The van der Waals surface area contributed by atoms with Gasteiger partial charge in [-0.05, 0) is 84.4 Å². The lowest BCUT2D eigenvalue weighted by Crippen LogP contribution is -2.41. The van der Waals surface area contributed by atoms with Crippen LogP contribution < -0.4 is 10.1 Å². The van der Waals surface area contributed by atoms with Crippen molar-refractivity contribution in [1.29, 1.82) is 0 Å². The molecular formula is C32H33F2N3O4S. The maximum absolute atomic E-state index is 13.7. The smallest absolute Gasteiger partial charge is 0.326 e. The summed E-state index contributed by atoms with van der Waals surface area (Å²) in [5.74, 6) is -1.34. The van der Waals surface area contributed by atoms with Crippen molar-refractivity contribution < 1.29 is 28.2 Å². The highest BCUT2D eigenvalue weighted by molar-refractivity contribution is 7.98. The van der Waals surface area contributed by atoms with Gasteiger partial charge in [-0.25, -0.2) is 18.6 Å². The molecule has 0 spiro atoms. The number of carboxylic acids is 1. The standard InChI is InChI=1S/C32H33F2N3O4S/c1-37-20-35-19-26(37)17-30(23-7-12-25(34)13-8-23)41-27-14-9-22(6-3-21-4-10-24(33)11-5-21)28(18-27)31(38)36-29(32(39)40)15-16-42-2/h4-5,7-14,18-20,29-30H,3,6,15-17H2,1-2H3,(H,36,38)(H,39,40)/t29-,30?/m0/s1. The van der Waals surface area contributed by atoms with E-state index in [0.717, 1.165) is 16.8 Å². The number of hydrogen-bond donors (Lipinski definition) is 2. The molecule has 220 valence electrons. The van der Waals surface area contributed by atoms with Crippen molar-refractivity contribution in [3.05, 3.63) is 119 Å². The monoisotopic (exact) mass is 593 g/mol. The summed E-state index contributed by atoms with van der Waals surface area (Å²) in [6.07, 6.45) is 6.51. The minimum atomic E-state index is -1.11. The number of hydrogen-bond acceptors (Lipinski definition) is 5. The van der Waals surface area contributed by atoms with Crippen LogP contribution in [0.5, 0.6) is 5.75 Å². The molecule has 10 heteroatoms. The zero-order valence-corrected chi connectivity index (χ0v) is 24.2. The van der Waals surface area contributed by atoms with Crippen LogP contribution in [0, 0.1) is 11.6 Å². The minimum Gasteiger partial charge on any atom is -0.485 e. The first-order valence-electron chi connectivity index (χ1n) is 13.5. The van der Waals surface area contributed by atoms with Crippen molar-refractivity contribution in [3.8, 4) is 5.75 Å². The van der Waals surface area contributed by atoms with Gasteiger partial charge in [0.1, 0.15) is 29.5 Å². The average molecular weight is 594 g/mol. The summed E-state index contributed by atoms with van der Waals surface area (Å²) in [4.78, 5) is 29.5. The van der Waals surface area contributed by atoms with E-state index in [9.17, 15) is 23.5 Å². The second-order valence-electron chi connectivity index (χ2n) is 9.95. The molecule has 3 aromatic carbocycles. The van der Waals surface area contributed by atoms with Crippen LogP contribution in [0.3, 0.4) is 0 Å². The average Bonchev–Trinajstić information content (AvgIpc) is 3.39. The van der Waals surface area contributed by atoms with Crippen LogP contribution in [0.2, 0.25) is 0 Å². The normalized spacial score (nSPS) is 12.5. The summed E-state index contributed by atoms with van der Waals surface area (Å²) in [6, 6.07) is 16.3. The summed E-state index contributed by atoms with van der Waals surface area (Å²) in [5.41, 5.74) is 3.54. The fraction of sp³-hybridized carbons (Fsp3) is 0.281. The van der Waals surface area contributed by atoms with Gasteiger partial charge in [-0.3, -0.25) is 4.79 Å². The minimum absolute atomic E-state index is 0.278. The fourth-order valence-electron chi connectivity index (χ4n) is 4.56. The first-order chi connectivity index (χ1) is 20.2. The predicted molar refractivity (Wildman–Crippen MR) is 159 cm³/mol. The van der Waals surface area contributed by atoms with Gasteiger partial charge >= 0.3 is 5.97 Å². The van der Waals surface area contributed by atoms with Gasteiger partial charge in [0.2, 0.25) is 0 Å². The van der Waals surface area contributed by atoms with Crippen LogP contribution in [0.4, 0.5) is 8.78 Å². The van der Waals surface area contributed by atoms with Crippen LogP contribution in [0.25, 0.3) is 0 Å². The molecule has 0 aliphatic rings. The number of imidazole rings is 1. The number of aryl methyl sites for hydroxylation is 3. The Morgan fingerprint density at radius 2 is 1.71 bits per heavy atom. The largest absolute Gasteiger partial charge is 0.485 e. The second-order valence-corrected chi connectivity index (χ2v) is 10.9. The quantitative estimate of drug-likeness (QED) is 0.193. The number of nitrogens with one attached hydrogen (secondary N) is 1. The number of amides is 1. The summed E-state index contributed by atoms with van der Waals surface area (Å²) >= 11 is 1.50. The fourth-order valence-corrected chi connectivity index (χ4v) is 5.03. The van der Waals surface area contributed by atoms with Gasteiger partial charge in [-0.1, -0.05) is 30.3 Å². The van der Waals surface area contributed by atoms with Crippen LogP contribution in [-0.2, 0) is 31.1 Å². The van der Waals surface area contributed by atoms with E-state index >= 15 is 0 Å². The molecule has 2 atom stereocenters. The number of aromatic nitrogens is 2. The number of carboxylic acid groups (broad SMARTS) is 1. The first-order valence-corrected chi connectivity index (χ1v) is 14.9. The highest BCUT2D eigenvalue weighted by atomic mass is 32.2. The molecule has 4 aromatic rings. The van der Waals surface area contributed by atoms with Crippen molar-refractivity contribution in [1.82, 2.24) is 14.9 Å². The number of carbonyl (C=O) groups is 2. The van der Waals surface area contributed by atoms with E-state index in [1.54, 1.807) is 55.0 Å². The van der Waals surface area contributed by atoms with E-state index in [2.05, 4.69) is 10.3 Å². The van der Waals surface area contributed by atoms with Crippen molar-refractivity contribution >= 4 is 23.6 Å². The van der Waals surface area contributed by atoms with E-state index in [1.165, 1.54) is 36.0 Å². The third-order valence-electron chi connectivity index (χ3n) is 6.97. The lowest BCUT2D eigenvalue weighted by Gasteiger charge is -2.22. The Balaban J connectivity index is 1.64. The van der Waals surface area contributed by atoms with E-state index in [1.807, 2.05) is 17.9 Å². The summed E-state index contributed by atoms with van der Waals surface area (Å²) < 4.78 is 35.4. The first kappa shape index (κ1) is 30.8. The van der Waals surface area contributed by atoms with E-state index in [0.29, 0.717) is 41.9 Å². The van der Waals surface area contributed by atoms with Crippen molar-refractivity contribution in [3.63, 3.8) is 0 Å². The Kier molecular flexibility index (Phi) is 10.7. The molecule has 0 fully saturated rings. The molecule has 7 nitrogen and oxygen atoms in total. The lowest BCUT2D eigenvalue weighted by atomic mass is 9.98. The number of ether oxygens (including phenoxy) is 1. The molecule has 0 saturated carbocycles. The number of halogens is 2. The summed E-state index contributed by atoms with van der Waals surface area (Å²) in [7, 11) is 1.87. The molecule has 0 bridgehead atoms. The van der Waals surface area contributed by atoms with Gasteiger partial charge in [-0.2, -0.15) is 11.8 Å². The molecule has 1 aromatic heterocycles. The van der Waals surface area contributed by atoms with Gasteiger partial charge in [0.15, 0.2) is 0 Å². The Hall–Kier alpha value is -4.18. The number of benzene rings is 3. The molecular weight excluding hydrogens is 560 g/mol. The van der Waals surface area contributed by atoms with Gasteiger partial charge < -0.3 is 19.7 Å². The van der Waals surface area contributed by atoms with Gasteiger partial charge in [0, 0.05) is 30.9 Å². The Morgan fingerprint density at radius 3 is 2.33 bits per heavy atom. The highest BCUT2D eigenvalue weighted by Gasteiger charge is 2.23. The van der Waals surface area contributed by atoms with E-state index < -0.39 is 24.0 Å². The number of carbonyl (C=O) groups excluding carboxylic acids is 1. The Bertz CT molecular complexity index is 1490. The van der Waals surface area contributed by atoms with Crippen LogP contribution in [0.15, 0.2) is 79.3 Å². The number of rotatable bonds is 14. The van der Waals surface area contributed by atoms with Gasteiger partial charge in [0.05, 0.1) is 6.33 Å². The Labute approximate surface area is 247 Å². The maximum Gasteiger partial charge on any atom is 0.326 e. The number of nitrogens with zero attached hydrogens (tertiary/aromatic N) is 2. The van der Waals surface area contributed by atoms with Crippen molar-refractivity contribution in [2.75, 3.05) is 12.0 Å². The molecule has 0 aliphatic heterocycles. The SMILES string of the molecule is CSCC[C@H](NC(=O)c1cc(OC(Cc2cncn2C)c2ccc(F)cc2)ccc1CCc1ccc(F)cc1)C(=O)O. The molecule has 1 unspecified atom stereocenters. The number of aliphatic carboxylic acids is 1. The van der Waals surface area contributed by atoms with E-state index in [-0.39, 0.29) is 18.1 Å². The van der Waals surface area contributed by atoms with Crippen molar-refractivity contribution in [2.45, 2.75) is 37.8 Å². The molecule has 0 saturated heterocycles. The molecule has 1 heterocycles. The van der Waals surface area contributed by atoms with Gasteiger partial charge in [0.25, 0.3) is 5.91 Å². The molecule has 1 amide bonds. The van der Waals surface area contributed by atoms with E-state index in [4.69, 9.17) is 4.74 Å². The lowest BCUT2D eigenvalue weighted by molar-refractivity contribution is -0.139. The topological polar surface area (TPSA) is 93.5 Å². The molecule has 0 radical (unpaired) electrons. The summed E-state index contributed by atoms with van der Waals surface area (Å²) in [5, 5.41) is 12.4. The van der Waals surface area contributed by atoms with Crippen LogP contribution in [-0.4, -0.2) is 44.6 Å². The molecule has 2 N–H and O–H groups in total. The second kappa shape index (κ2) is 14.6. The summed E-state index contributed by atoms with van der Waals surface area (Å²) in [6.45, 7) is 0. The van der Waals surface area contributed by atoms with Gasteiger partial charge in [-0.15, -0.1) is 0 Å². The van der Waals surface area contributed by atoms with Crippen LogP contribution in [0.1, 0.15) is 45.3 Å². The van der Waals surface area contributed by atoms with Crippen LogP contribution >= 0.6 is 11.8 Å². The maximum atomic E-state index is 13.7. The molecule has 0 aliphatic carbocycles. The molecule has 42 heavy (non-hydrogen) atoms. The Morgan fingerprint density at radius 1 is 1.02 bits per heavy atom. The number of thioether (sulfide) groups is 1. The highest BCUT2D eigenvalue weighted by Crippen LogP contribution is 2.28. The third kappa shape index (κ3) is 8.42. The van der Waals surface area contributed by atoms with Crippen molar-refractivity contribution in [2.24, 2.45) is 7.05 Å². The predicted octanol–water partition coefficient (Wildman–Crippen LogP) is 5.78.